The molecule has 2 amide bonds. The standard InChI is InChI=1S/C25H31ClFN3O4/c1-2-34-21-9-6-18(7-10-21)4-3-5-19(16-24(31)28-33)25(32)30-14-12-29(13-15-30)23-11-8-20(26)17-22(23)27/h6-11,17,19,33H,2-5,12-16H2,1H3,(H,28,31)/t19-/m1/s1. The molecule has 184 valence electrons. The van der Waals surface area contributed by atoms with E-state index < -0.39 is 11.8 Å². The van der Waals surface area contributed by atoms with Gasteiger partial charge in [-0.05, 0) is 62.1 Å². The number of anilines is 1. The Morgan fingerprint density at radius 3 is 2.47 bits per heavy atom. The number of amides is 2. The summed E-state index contributed by atoms with van der Waals surface area (Å²) in [5, 5.41) is 9.31. The first-order valence-corrected chi connectivity index (χ1v) is 11.9. The lowest BCUT2D eigenvalue weighted by Crippen LogP contribution is -2.51. The van der Waals surface area contributed by atoms with Crippen molar-refractivity contribution in [1.82, 2.24) is 10.4 Å². The summed E-state index contributed by atoms with van der Waals surface area (Å²) in [5.74, 6) is -0.808. The van der Waals surface area contributed by atoms with Gasteiger partial charge in [0.15, 0.2) is 0 Å². The smallest absolute Gasteiger partial charge is 0.244 e. The molecule has 1 aliphatic rings. The van der Waals surface area contributed by atoms with Gasteiger partial charge in [-0.15, -0.1) is 0 Å². The van der Waals surface area contributed by atoms with E-state index in [1.54, 1.807) is 22.5 Å². The highest BCUT2D eigenvalue weighted by Gasteiger charge is 2.29. The lowest BCUT2D eigenvalue weighted by atomic mass is 9.94. The molecule has 2 N–H and O–H groups in total. The molecule has 2 aromatic carbocycles. The minimum absolute atomic E-state index is 0.0787. The van der Waals surface area contributed by atoms with E-state index in [0.29, 0.717) is 49.9 Å². The third kappa shape index (κ3) is 7.08. The first-order chi connectivity index (χ1) is 16.4. The highest BCUT2D eigenvalue weighted by Crippen LogP contribution is 2.25. The Balaban J connectivity index is 1.56. The summed E-state index contributed by atoms with van der Waals surface area (Å²) >= 11 is 5.84. The second-order valence-electron chi connectivity index (χ2n) is 8.31. The van der Waals surface area contributed by atoms with Gasteiger partial charge in [0.1, 0.15) is 11.6 Å². The van der Waals surface area contributed by atoms with Gasteiger partial charge < -0.3 is 14.5 Å². The summed E-state index contributed by atoms with van der Waals surface area (Å²) in [6.45, 7) is 4.36. The van der Waals surface area contributed by atoms with Crippen molar-refractivity contribution in [1.29, 1.82) is 0 Å². The average Bonchev–Trinajstić information content (AvgIpc) is 2.84. The molecule has 0 saturated carbocycles. The van der Waals surface area contributed by atoms with Gasteiger partial charge >= 0.3 is 0 Å². The van der Waals surface area contributed by atoms with Crippen molar-refractivity contribution in [3.8, 4) is 5.75 Å². The molecular weight excluding hydrogens is 461 g/mol. The summed E-state index contributed by atoms with van der Waals surface area (Å²) in [4.78, 5) is 28.6. The van der Waals surface area contributed by atoms with Crippen molar-refractivity contribution in [3.05, 3.63) is 58.9 Å². The SMILES string of the molecule is CCOc1ccc(CCC[C@H](CC(=O)NO)C(=O)N2CCN(c3ccc(Cl)cc3F)CC2)cc1. The molecule has 3 rings (SSSR count). The van der Waals surface area contributed by atoms with Crippen LogP contribution in [-0.4, -0.2) is 54.7 Å². The van der Waals surface area contributed by atoms with Crippen molar-refractivity contribution in [3.63, 3.8) is 0 Å². The Labute approximate surface area is 204 Å². The maximum Gasteiger partial charge on any atom is 0.244 e. The largest absolute Gasteiger partial charge is 0.494 e. The number of hydroxylamine groups is 1. The van der Waals surface area contributed by atoms with Gasteiger partial charge in [-0.1, -0.05) is 23.7 Å². The molecule has 7 nitrogen and oxygen atoms in total. The summed E-state index contributed by atoms with van der Waals surface area (Å²) < 4.78 is 19.7. The fraction of sp³-hybridized carbons (Fsp3) is 0.440. The first-order valence-electron chi connectivity index (χ1n) is 11.5. The first kappa shape index (κ1) is 25.8. The Bertz CT molecular complexity index is 965. The normalized spacial score (nSPS) is 14.6. The van der Waals surface area contributed by atoms with E-state index in [4.69, 9.17) is 21.5 Å². The van der Waals surface area contributed by atoms with Crippen LogP contribution in [0.15, 0.2) is 42.5 Å². The molecule has 9 heteroatoms. The van der Waals surface area contributed by atoms with Crippen LogP contribution in [-0.2, 0) is 16.0 Å². The molecule has 1 atom stereocenters. The van der Waals surface area contributed by atoms with Gasteiger partial charge in [-0.2, -0.15) is 0 Å². The van der Waals surface area contributed by atoms with Gasteiger partial charge in [0, 0.05) is 43.5 Å². The molecule has 1 aliphatic heterocycles. The minimum atomic E-state index is -0.582. The molecule has 0 radical (unpaired) electrons. The van der Waals surface area contributed by atoms with Gasteiger partial charge in [-0.25, -0.2) is 9.87 Å². The Kier molecular flexibility index (Phi) is 9.53. The van der Waals surface area contributed by atoms with E-state index >= 15 is 0 Å². The molecule has 34 heavy (non-hydrogen) atoms. The highest BCUT2D eigenvalue weighted by atomic mass is 35.5. The number of nitrogens with one attached hydrogen (secondary N) is 1. The van der Waals surface area contributed by atoms with E-state index in [1.807, 2.05) is 36.1 Å². The summed E-state index contributed by atoms with van der Waals surface area (Å²) in [6, 6.07) is 12.4. The number of rotatable bonds is 10. The van der Waals surface area contributed by atoms with Crippen LogP contribution in [0.3, 0.4) is 0 Å². The molecule has 2 aromatic rings. The summed E-state index contributed by atoms with van der Waals surface area (Å²) in [7, 11) is 0. The zero-order valence-electron chi connectivity index (χ0n) is 19.3. The summed E-state index contributed by atoms with van der Waals surface area (Å²) in [5.41, 5.74) is 3.22. The molecule has 0 aliphatic carbocycles. The van der Waals surface area contributed by atoms with Crippen LogP contribution in [0.1, 0.15) is 31.7 Å². The maximum absolute atomic E-state index is 14.3. The fourth-order valence-electron chi connectivity index (χ4n) is 4.22. The molecule has 0 spiro atoms. The van der Waals surface area contributed by atoms with Crippen molar-refractivity contribution in [2.45, 2.75) is 32.6 Å². The molecule has 0 aromatic heterocycles. The number of nitrogens with zero attached hydrogens (tertiary/aromatic N) is 2. The number of carbonyl (C=O) groups is 2. The summed E-state index contributed by atoms with van der Waals surface area (Å²) in [6.07, 6.45) is 1.93. The molecule has 1 heterocycles. The van der Waals surface area contributed by atoms with E-state index in [9.17, 15) is 14.0 Å². The topological polar surface area (TPSA) is 82.1 Å². The van der Waals surface area contributed by atoms with Crippen molar-refractivity contribution < 1.29 is 23.9 Å². The lowest BCUT2D eigenvalue weighted by Gasteiger charge is -2.37. The van der Waals surface area contributed by atoms with E-state index in [1.165, 1.54) is 6.07 Å². The third-order valence-electron chi connectivity index (χ3n) is 6.00. The van der Waals surface area contributed by atoms with E-state index in [-0.39, 0.29) is 18.1 Å². The minimum Gasteiger partial charge on any atom is -0.494 e. The molecule has 1 saturated heterocycles. The van der Waals surface area contributed by atoms with Gasteiger partial charge in [0.2, 0.25) is 11.8 Å². The maximum atomic E-state index is 14.3. The number of ether oxygens (including phenoxy) is 1. The molecule has 1 fully saturated rings. The Morgan fingerprint density at radius 2 is 1.85 bits per heavy atom. The fourth-order valence-corrected chi connectivity index (χ4v) is 4.38. The van der Waals surface area contributed by atoms with Crippen molar-refractivity contribution in [2.24, 2.45) is 5.92 Å². The zero-order valence-corrected chi connectivity index (χ0v) is 20.1. The zero-order chi connectivity index (χ0) is 24.5. The number of carbonyl (C=O) groups excluding carboxylic acids is 2. The number of aryl methyl sites for hydroxylation is 1. The number of piperazine rings is 1. The quantitative estimate of drug-likeness (QED) is 0.387. The Morgan fingerprint density at radius 1 is 1.15 bits per heavy atom. The van der Waals surface area contributed by atoms with Crippen LogP contribution in [0.2, 0.25) is 5.02 Å². The highest BCUT2D eigenvalue weighted by molar-refractivity contribution is 6.30. The van der Waals surface area contributed by atoms with Crippen molar-refractivity contribution in [2.75, 3.05) is 37.7 Å². The predicted octanol–water partition coefficient (Wildman–Crippen LogP) is 4.06. The van der Waals surface area contributed by atoms with E-state index in [0.717, 1.165) is 24.2 Å². The lowest BCUT2D eigenvalue weighted by molar-refractivity contribution is -0.141. The van der Waals surface area contributed by atoms with Crippen LogP contribution in [0.5, 0.6) is 5.75 Å². The van der Waals surface area contributed by atoms with Crippen LogP contribution in [0.25, 0.3) is 0 Å². The number of hydrogen-bond acceptors (Lipinski definition) is 5. The van der Waals surface area contributed by atoms with Gasteiger partial charge in [0.25, 0.3) is 0 Å². The van der Waals surface area contributed by atoms with Crippen molar-refractivity contribution >= 4 is 29.1 Å². The molecular formula is C25H31ClFN3O4. The monoisotopic (exact) mass is 491 g/mol. The molecule has 0 unspecified atom stereocenters. The number of hydrogen-bond donors (Lipinski definition) is 2. The average molecular weight is 492 g/mol. The number of halogens is 2. The predicted molar refractivity (Wildman–Crippen MR) is 129 cm³/mol. The third-order valence-corrected chi connectivity index (χ3v) is 6.23. The second-order valence-corrected chi connectivity index (χ2v) is 8.75. The number of benzene rings is 2. The Hall–Kier alpha value is -2.84. The van der Waals surface area contributed by atoms with E-state index in [2.05, 4.69) is 0 Å². The van der Waals surface area contributed by atoms with Gasteiger partial charge in [0.05, 0.1) is 12.3 Å². The van der Waals surface area contributed by atoms with Crippen LogP contribution in [0.4, 0.5) is 10.1 Å². The van der Waals surface area contributed by atoms with Crippen LogP contribution in [0, 0.1) is 11.7 Å². The van der Waals surface area contributed by atoms with Crippen LogP contribution >= 0.6 is 11.6 Å². The molecule has 0 bridgehead atoms. The van der Waals surface area contributed by atoms with Gasteiger partial charge in [-0.3, -0.25) is 14.8 Å². The van der Waals surface area contributed by atoms with Crippen LogP contribution < -0.4 is 15.1 Å². The second kappa shape index (κ2) is 12.6.